The number of aromatic nitrogens is 4. The predicted octanol–water partition coefficient (Wildman–Crippen LogP) is 3.37. The average molecular weight is 373 g/mol. The molecule has 0 aliphatic carbocycles. The van der Waals surface area contributed by atoms with Gasteiger partial charge in [0.05, 0.1) is 49.9 Å². The van der Waals surface area contributed by atoms with E-state index in [1.165, 1.54) is 16.8 Å². The molecule has 0 fully saturated rings. The number of H-pyrrole nitrogens is 1. The van der Waals surface area contributed by atoms with Crippen molar-refractivity contribution in [3.63, 3.8) is 0 Å². The number of aromatic amines is 1. The van der Waals surface area contributed by atoms with E-state index in [1.54, 1.807) is 25.1 Å². The van der Waals surface area contributed by atoms with Gasteiger partial charge in [-0.05, 0) is 43.3 Å². The molecule has 26 heavy (non-hydrogen) atoms. The van der Waals surface area contributed by atoms with E-state index in [-0.39, 0.29) is 41.1 Å². The molecule has 4 aromatic rings. The molecule has 0 bridgehead atoms. The van der Waals surface area contributed by atoms with Crippen molar-refractivity contribution in [1.29, 1.82) is 0 Å². The topological polar surface area (TPSA) is 72.8 Å². The molecular formula is C19H18N4O2S. The summed E-state index contributed by atoms with van der Waals surface area (Å²) in [6.45, 7) is 1.64. The van der Waals surface area contributed by atoms with Crippen LogP contribution in [-0.2, 0) is 16.6 Å². The molecule has 0 saturated heterocycles. The van der Waals surface area contributed by atoms with Crippen molar-refractivity contribution in [3.8, 4) is 11.4 Å². The second-order valence-electron chi connectivity index (χ2n) is 5.53. The molecule has 4 rings (SSSR count). The molecule has 0 amide bonds. The summed E-state index contributed by atoms with van der Waals surface area (Å²) in [5.74, 6) is 0.116. The van der Waals surface area contributed by atoms with Gasteiger partial charge in [-0.15, -0.1) is 0 Å². The molecule has 3 heterocycles. The second kappa shape index (κ2) is 6.76. The van der Waals surface area contributed by atoms with Crippen molar-refractivity contribution < 1.29 is 18.5 Å². The molecule has 3 aromatic heterocycles. The van der Waals surface area contributed by atoms with E-state index in [9.17, 15) is 4.21 Å². The fourth-order valence-electron chi connectivity index (χ4n) is 2.55. The third-order valence-electron chi connectivity index (χ3n) is 3.95. The lowest BCUT2D eigenvalue weighted by molar-refractivity contribution is 0.410. The molecule has 0 spiro atoms. The highest BCUT2D eigenvalue weighted by Gasteiger charge is 2.15. The van der Waals surface area contributed by atoms with Crippen LogP contribution in [0.2, 0.25) is 0 Å². The molecule has 6 nitrogen and oxygen atoms in total. The highest BCUT2D eigenvalue weighted by molar-refractivity contribution is 7.84. The summed E-state index contributed by atoms with van der Waals surface area (Å²) in [6, 6.07) is 5.60. The smallest absolute Gasteiger partial charge is 0.197 e. The number of fused-ring (bicyclic) bond motifs is 1. The first kappa shape index (κ1) is 10.3. The Bertz CT molecular complexity index is 1370. The second-order valence-corrected chi connectivity index (χ2v) is 6.89. The number of pyridine rings is 1. The van der Waals surface area contributed by atoms with Crippen LogP contribution in [0.5, 0.6) is 5.75 Å². The third-order valence-corrected chi connectivity index (χ3v) is 5.11. The Morgan fingerprint density at radius 1 is 1.35 bits per heavy atom. The zero-order valence-corrected chi connectivity index (χ0v) is 14.5. The largest absolute Gasteiger partial charge is 0.496 e. The van der Waals surface area contributed by atoms with Gasteiger partial charge in [-0.3, -0.25) is 9.19 Å². The Hall–Kier alpha value is -2.93. The Balaban J connectivity index is 1.63. The minimum absolute atomic E-state index is 0.0214. The Kier molecular flexibility index (Phi) is 2.67. The van der Waals surface area contributed by atoms with Gasteiger partial charge in [-0.2, -0.15) is 0 Å². The lowest BCUT2D eigenvalue weighted by Crippen LogP contribution is -2.03. The molecule has 0 aliphatic rings. The predicted molar refractivity (Wildman–Crippen MR) is 101 cm³/mol. The van der Waals surface area contributed by atoms with Crippen LogP contribution in [0.1, 0.15) is 20.9 Å². The van der Waals surface area contributed by atoms with E-state index in [0.717, 1.165) is 0 Å². The number of nitrogens with zero attached hydrogens (tertiary/aromatic N) is 3. The van der Waals surface area contributed by atoms with Gasteiger partial charge in [0.1, 0.15) is 5.75 Å². The van der Waals surface area contributed by atoms with Crippen molar-refractivity contribution >= 4 is 21.8 Å². The number of rotatable bonds is 5. The number of hydrogen-bond donors (Lipinski definition) is 1. The first-order valence-electron chi connectivity index (χ1n) is 11.1. The molecule has 0 saturated carbocycles. The lowest BCUT2D eigenvalue weighted by atomic mass is 10.2. The molecule has 1 unspecified atom stereocenters. The first-order chi connectivity index (χ1) is 15.5. The van der Waals surface area contributed by atoms with Crippen molar-refractivity contribution in [2.75, 3.05) is 7.04 Å². The molecule has 7 heteroatoms. The normalized spacial score (nSPS) is 16.7. The van der Waals surface area contributed by atoms with Crippen LogP contribution in [0.25, 0.3) is 16.7 Å². The van der Waals surface area contributed by atoms with Crippen LogP contribution in [0.15, 0.2) is 60.0 Å². The Morgan fingerprint density at radius 3 is 3.00 bits per heavy atom. The zero-order valence-electron chi connectivity index (χ0n) is 20.7. The van der Waals surface area contributed by atoms with E-state index in [0.29, 0.717) is 28.0 Å². The number of nitrogens with one attached hydrogen (secondary N) is 1. The maximum atomic E-state index is 13.0. The van der Waals surface area contributed by atoms with Crippen LogP contribution < -0.4 is 4.74 Å². The zero-order chi connectivity index (χ0) is 24.1. The average Bonchev–Trinajstić information content (AvgIpc) is 3.25. The summed E-state index contributed by atoms with van der Waals surface area (Å²) in [5, 5.41) is 0.178. The summed E-state index contributed by atoms with van der Waals surface area (Å²) >= 11 is 0. The number of hydrogen-bond acceptors (Lipinski definition) is 4. The molecule has 1 N–H and O–H groups in total. The van der Waals surface area contributed by atoms with Crippen LogP contribution in [-0.4, -0.2) is 30.8 Å². The van der Waals surface area contributed by atoms with Crippen LogP contribution in [0, 0.1) is 6.92 Å². The van der Waals surface area contributed by atoms with E-state index < -0.39 is 17.8 Å². The lowest BCUT2D eigenvalue weighted by Gasteiger charge is -2.08. The molecule has 1 aromatic carbocycles. The number of methoxy groups -OCH3 is 1. The van der Waals surface area contributed by atoms with Gasteiger partial charge in [0.2, 0.25) is 0 Å². The number of ether oxygens (including phenoxy) is 1. The minimum Gasteiger partial charge on any atom is -0.496 e. The molecule has 0 aliphatic heterocycles. The summed E-state index contributed by atoms with van der Waals surface area (Å²) in [4.78, 5) is 11.5. The maximum absolute atomic E-state index is 13.0. The summed E-state index contributed by atoms with van der Waals surface area (Å²) in [5.41, 5.74) is 2.29. The standard InChI is InChI=1S/C19H18N4O2S/c1-13-17(20-8-7-18(13)25-2)12-26(24)19-21-15-6-5-14(11-16(15)22-19)23-9-3-4-10-23/h3-11H,12H2,1-2H3,(H,21,22)/i2D3,3D,4D,9D,10D. The first-order valence-corrected chi connectivity index (χ1v) is 8.95. The number of benzene rings is 1. The van der Waals surface area contributed by atoms with Crippen LogP contribution in [0.4, 0.5) is 0 Å². The maximum Gasteiger partial charge on any atom is 0.197 e. The fourth-order valence-corrected chi connectivity index (χ4v) is 3.65. The third kappa shape index (κ3) is 3.01. The quantitative estimate of drug-likeness (QED) is 0.582. The monoisotopic (exact) mass is 373 g/mol. The molecule has 1 atom stereocenters. The molecular weight excluding hydrogens is 348 g/mol. The summed E-state index contributed by atoms with van der Waals surface area (Å²) in [7, 11) is -4.25. The Morgan fingerprint density at radius 2 is 2.19 bits per heavy atom. The van der Waals surface area contributed by atoms with Gasteiger partial charge >= 0.3 is 0 Å². The summed E-state index contributed by atoms with van der Waals surface area (Å²) in [6.07, 6.45) is 0.849. The fraction of sp³-hybridized carbons (Fsp3) is 0.158. The van der Waals surface area contributed by atoms with E-state index >= 15 is 0 Å². The van der Waals surface area contributed by atoms with Crippen molar-refractivity contribution in [1.82, 2.24) is 19.5 Å². The van der Waals surface area contributed by atoms with Gasteiger partial charge in [-0.1, -0.05) is 0 Å². The van der Waals surface area contributed by atoms with Gasteiger partial charge in [0, 0.05) is 29.8 Å². The molecule has 0 radical (unpaired) electrons. The van der Waals surface area contributed by atoms with Crippen molar-refractivity contribution in [3.05, 3.63) is 66.2 Å². The Labute approximate surface area is 163 Å². The van der Waals surface area contributed by atoms with Gasteiger partial charge < -0.3 is 14.3 Å². The van der Waals surface area contributed by atoms with Gasteiger partial charge in [0.25, 0.3) is 0 Å². The number of imidazole rings is 1. The van der Waals surface area contributed by atoms with E-state index in [2.05, 4.69) is 15.0 Å². The van der Waals surface area contributed by atoms with Gasteiger partial charge in [-0.25, -0.2) is 4.98 Å². The van der Waals surface area contributed by atoms with E-state index in [1.807, 2.05) is 0 Å². The van der Waals surface area contributed by atoms with Gasteiger partial charge in [0.15, 0.2) is 5.16 Å². The van der Waals surface area contributed by atoms with Crippen LogP contribution in [0.3, 0.4) is 0 Å². The van der Waals surface area contributed by atoms with Crippen molar-refractivity contribution in [2.45, 2.75) is 17.8 Å². The highest BCUT2D eigenvalue weighted by atomic mass is 32.2. The highest BCUT2D eigenvalue weighted by Crippen LogP contribution is 2.22. The minimum atomic E-state index is -2.61. The molecule has 132 valence electrons. The van der Waals surface area contributed by atoms with Crippen molar-refractivity contribution in [2.24, 2.45) is 0 Å². The SMILES string of the molecule is [2H]c1c([2H])c([2H])n(-c2ccc3nc(S(=O)Cc4nccc(OC([2H])([2H])[2H])c4C)[nH]c3c2)c1[2H]. The summed E-state index contributed by atoms with van der Waals surface area (Å²) < 4.78 is 72.4. The van der Waals surface area contributed by atoms with E-state index in [4.69, 9.17) is 14.3 Å². The van der Waals surface area contributed by atoms with Crippen LogP contribution >= 0.6 is 0 Å².